The van der Waals surface area contributed by atoms with Crippen molar-refractivity contribution in [1.82, 2.24) is 9.55 Å². The number of hydrogen-bond acceptors (Lipinski definition) is 5. The summed E-state index contributed by atoms with van der Waals surface area (Å²) in [7, 11) is 0. The van der Waals surface area contributed by atoms with Crippen molar-refractivity contribution in [3.05, 3.63) is 93.8 Å². The first kappa shape index (κ1) is 22.3. The average molecular weight is 459 g/mol. The Kier molecular flexibility index (Phi) is 6.28. The number of hydrogen-bond donors (Lipinski definition) is 2. The van der Waals surface area contributed by atoms with Crippen LogP contribution in [0.25, 0.3) is 16.6 Å². The molecule has 8 heteroatoms. The monoisotopic (exact) mass is 458 g/mol. The molecule has 0 aliphatic heterocycles. The molecule has 0 aliphatic rings. The number of benzene rings is 3. The molecule has 0 unspecified atom stereocenters. The summed E-state index contributed by atoms with van der Waals surface area (Å²) in [5.41, 5.74) is 9.30. The molecule has 0 radical (unpaired) electrons. The number of nitrogens with two attached hydrogens (primary N) is 1. The number of thioether (sulfide) groups is 1. The third kappa shape index (κ3) is 4.96. The fraction of sp³-hybridized carbons (Fsp3) is 0.120. The van der Waals surface area contributed by atoms with E-state index in [1.807, 2.05) is 38.1 Å². The highest BCUT2D eigenvalue weighted by molar-refractivity contribution is 7.99. The Labute approximate surface area is 194 Å². The van der Waals surface area contributed by atoms with Crippen LogP contribution < -0.4 is 16.6 Å². The summed E-state index contributed by atoms with van der Waals surface area (Å²) in [5.74, 6) is -0.746. The number of amides is 2. The first-order valence-electron chi connectivity index (χ1n) is 10.2. The van der Waals surface area contributed by atoms with E-state index in [2.05, 4.69) is 10.3 Å². The van der Waals surface area contributed by atoms with Crippen LogP contribution >= 0.6 is 11.8 Å². The zero-order chi connectivity index (χ0) is 23.5. The van der Waals surface area contributed by atoms with E-state index >= 15 is 0 Å². The Bertz CT molecular complexity index is 1410. The fourth-order valence-corrected chi connectivity index (χ4v) is 4.37. The van der Waals surface area contributed by atoms with Crippen LogP contribution in [0, 0.1) is 13.8 Å². The molecule has 0 saturated carbocycles. The predicted octanol–water partition coefficient (Wildman–Crippen LogP) is 3.83. The lowest BCUT2D eigenvalue weighted by atomic mass is 10.1. The molecule has 3 N–H and O–H groups in total. The molecule has 1 heterocycles. The third-order valence-corrected chi connectivity index (χ3v) is 5.93. The van der Waals surface area contributed by atoms with Gasteiger partial charge in [0.05, 0.1) is 22.3 Å². The summed E-state index contributed by atoms with van der Waals surface area (Å²) in [6, 6.07) is 19.4. The van der Waals surface area contributed by atoms with Gasteiger partial charge in [-0.05, 0) is 73.5 Å². The van der Waals surface area contributed by atoms with Crippen LogP contribution in [-0.4, -0.2) is 27.1 Å². The number of aromatic nitrogens is 2. The molecule has 0 atom stereocenters. The summed E-state index contributed by atoms with van der Waals surface area (Å²) >= 11 is 1.18. The zero-order valence-corrected chi connectivity index (χ0v) is 19.0. The minimum Gasteiger partial charge on any atom is -0.366 e. The number of anilines is 1. The quantitative estimate of drug-likeness (QED) is 0.337. The third-order valence-electron chi connectivity index (χ3n) is 5.00. The van der Waals surface area contributed by atoms with E-state index in [0.29, 0.717) is 33.0 Å². The predicted molar refractivity (Wildman–Crippen MR) is 131 cm³/mol. The van der Waals surface area contributed by atoms with Gasteiger partial charge in [0.1, 0.15) is 0 Å². The summed E-state index contributed by atoms with van der Waals surface area (Å²) in [6.07, 6.45) is 0. The number of fused-ring (bicyclic) bond motifs is 1. The van der Waals surface area contributed by atoms with Crippen molar-refractivity contribution < 1.29 is 9.59 Å². The van der Waals surface area contributed by atoms with Crippen molar-refractivity contribution in [2.45, 2.75) is 19.0 Å². The normalized spacial score (nSPS) is 10.8. The van der Waals surface area contributed by atoms with Crippen molar-refractivity contribution in [3.63, 3.8) is 0 Å². The second kappa shape index (κ2) is 9.30. The average Bonchev–Trinajstić information content (AvgIpc) is 2.77. The SMILES string of the molecule is Cc1cc(C)cc(-n2c(SCC(=O)Nc3ccc(C(N)=O)cc3)nc3ccccc3c2=O)c1. The van der Waals surface area contributed by atoms with Gasteiger partial charge in [-0.25, -0.2) is 4.98 Å². The molecule has 2 amide bonds. The number of carbonyl (C=O) groups is 2. The lowest BCUT2D eigenvalue weighted by Gasteiger charge is -2.14. The Balaban J connectivity index is 1.64. The van der Waals surface area contributed by atoms with E-state index in [1.54, 1.807) is 47.0 Å². The molecule has 166 valence electrons. The van der Waals surface area contributed by atoms with E-state index in [1.165, 1.54) is 11.8 Å². The van der Waals surface area contributed by atoms with Crippen LogP contribution in [0.2, 0.25) is 0 Å². The Morgan fingerprint density at radius 1 is 1.00 bits per heavy atom. The van der Waals surface area contributed by atoms with Crippen LogP contribution in [0.1, 0.15) is 21.5 Å². The van der Waals surface area contributed by atoms with E-state index in [9.17, 15) is 14.4 Å². The van der Waals surface area contributed by atoms with Gasteiger partial charge >= 0.3 is 0 Å². The summed E-state index contributed by atoms with van der Waals surface area (Å²) < 4.78 is 1.56. The standard InChI is InChI=1S/C25H22N4O3S/c1-15-11-16(2)13-19(12-15)29-24(32)20-5-3-4-6-21(20)28-25(29)33-14-22(30)27-18-9-7-17(8-10-18)23(26)31/h3-13H,14H2,1-2H3,(H2,26,31)(H,27,30). The summed E-state index contributed by atoms with van der Waals surface area (Å²) in [6.45, 7) is 3.94. The van der Waals surface area contributed by atoms with Gasteiger partial charge in [-0.1, -0.05) is 30.0 Å². The summed E-state index contributed by atoms with van der Waals surface area (Å²) in [5, 5.41) is 3.73. The van der Waals surface area contributed by atoms with Gasteiger partial charge in [-0.3, -0.25) is 19.0 Å². The minimum atomic E-state index is -0.532. The number of nitrogens with one attached hydrogen (secondary N) is 1. The molecule has 0 fully saturated rings. The van der Waals surface area contributed by atoms with Crippen molar-refractivity contribution >= 4 is 40.2 Å². The first-order chi connectivity index (χ1) is 15.8. The highest BCUT2D eigenvalue weighted by atomic mass is 32.2. The number of carbonyl (C=O) groups excluding carboxylic acids is 2. The molecule has 0 saturated heterocycles. The Hall–Kier alpha value is -3.91. The van der Waals surface area contributed by atoms with Crippen LogP contribution in [0.15, 0.2) is 76.7 Å². The Morgan fingerprint density at radius 3 is 2.33 bits per heavy atom. The lowest BCUT2D eigenvalue weighted by Crippen LogP contribution is -2.23. The minimum absolute atomic E-state index is 0.0488. The molecule has 4 aromatic rings. The summed E-state index contributed by atoms with van der Waals surface area (Å²) in [4.78, 5) is 41.8. The second-order valence-corrected chi connectivity index (χ2v) is 8.62. The highest BCUT2D eigenvalue weighted by Gasteiger charge is 2.15. The molecule has 7 nitrogen and oxygen atoms in total. The second-order valence-electron chi connectivity index (χ2n) is 7.68. The van der Waals surface area contributed by atoms with Crippen LogP contribution in [0.5, 0.6) is 0 Å². The molecule has 33 heavy (non-hydrogen) atoms. The molecule has 0 aliphatic carbocycles. The van der Waals surface area contributed by atoms with Gasteiger partial charge < -0.3 is 11.1 Å². The van der Waals surface area contributed by atoms with Crippen LogP contribution in [0.3, 0.4) is 0 Å². The molecule has 0 spiro atoms. The topological polar surface area (TPSA) is 107 Å². The number of para-hydroxylation sites is 1. The number of rotatable bonds is 6. The van der Waals surface area contributed by atoms with Gasteiger partial charge in [0, 0.05) is 11.3 Å². The van der Waals surface area contributed by atoms with Crippen LogP contribution in [-0.2, 0) is 4.79 Å². The Morgan fingerprint density at radius 2 is 1.67 bits per heavy atom. The molecule has 3 aromatic carbocycles. The van der Waals surface area contributed by atoms with Crippen molar-refractivity contribution in [2.75, 3.05) is 11.1 Å². The highest BCUT2D eigenvalue weighted by Crippen LogP contribution is 2.23. The zero-order valence-electron chi connectivity index (χ0n) is 18.2. The maximum absolute atomic E-state index is 13.4. The van der Waals surface area contributed by atoms with Gasteiger partial charge in [0.15, 0.2) is 5.16 Å². The maximum Gasteiger partial charge on any atom is 0.266 e. The van der Waals surface area contributed by atoms with E-state index < -0.39 is 5.91 Å². The fourth-order valence-electron chi connectivity index (χ4n) is 3.56. The molecule has 0 bridgehead atoms. The van der Waals surface area contributed by atoms with Crippen LogP contribution in [0.4, 0.5) is 5.69 Å². The number of nitrogens with zero attached hydrogens (tertiary/aromatic N) is 2. The van der Waals surface area contributed by atoms with Crippen molar-refractivity contribution in [1.29, 1.82) is 0 Å². The molecular formula is C25H22N4O3S. The van der Waals surface area contributed by atoms with Gasteiger partial charge in [0.25, 0.3) is 5.56 Å². The molecule has 4 rings (SSSR count). The van der Waals surface area contributed by atoms with Crippen molar-refractivity contribution in [2.24, 2.45) is 5.73 Å². The number of aryl methyl sites for hydroxylation is 2. The van der Waals surface area contributed by atoms with Gasteiger partial charge in [0.2, 0.25) is 11.8 Å². The van der Waals surface area contributed by atoms with Gasteiger partial charge in [-0.15, -0.1) is 0 Å². The maximum atomic E-state index is 13.4. The van der Waals surface area contributed by atoms with E-state index in [-0.39, 0.29) is 17.2 Å². The number of primary amides is 1. The smallest absolute Gasteiger partial charge is 0.266 e. The molecule has 1 aromatic heterocycles. The largest absolute Gasteiger partial charge is 0.366 e. The lowest BCUT2D eigenvalue weighted by molar-refractivity contribution is -0.113. The molecular weight excluding hydrogens is 436 g/mol. The van der Waals surface area contributed by atoms with E-state index in [4.69, 9.17) is 5.73 Å². The van der Waals surface area contributed by atoms with E-state index in [0.717, 1.165) is 11.1 Å². The van der Waals surface area contributed by atoms with Gasteiger partial charge in [-0.2, -0.15) is 0 Å². The van der Waals surface area contributed by atoms with Crippen molar-refractivity contribution in [3.8, 4) is 5.69 Å². The first-order valence-corrected chi connectivity index (χ1v) is 11.2.